The van der Waals surface area contributed by atoms with Crippen LogP contribution in [0, 0.1) is 0 Å². The normalized spacial score (nSPS) is 10.8. The zero-order valence-corrected chi connectivity index (χ0v) is 14.8. The highest BCUT2D eigenvalue weighted by Crippen LogP contribution is 2.25. The maximum atomic E-state index is 12.4. The van der Waals surface area contributed by atoms with E-state index in [0.29, 0.717) is 11.4 Å². The summed E-state index contributed by atoms with van der Waals surface area (Å²) in [5, 5.41) is 5.28. The van der Waals surface area contributed by atoms with Crippen LogP contribution in [0.1, 0.15) is 17.3 Å². The minimum Gasteiger partial charge on any atom is -0.495 e. The lowest BCUT2D eigenvalue weighted by atomic mass is 10.2. The van der Waals surface area contributed by atoms with Crippen LogP contribution < -0.4 is 15.4 Å². The molecule has 2 aromatic rings. The molecule has 0 saturated carbocycles. The van der Waals surface area contributed by atoms with E-state index in [9.17, 15) is 18.0 Å². The molecule has 0 aliphatic heterocycles. The second kappa shape index (κ2) is 7.35. The lowest BCUT2D eigenvalue weighted by Gasteiger charge is -2.11. The van der Waals surface area contributed by atoms with Gasteiger partial charge in [-0.2, -0.15) is 0 Å². The summed E-state index contributed by atoms with van der Waals surface area (Å²) in [5.74, 6) is -0.532. The average molecular weight is 362 g/mol. The largest absolute Gasteiger partial charge is 0.495 e. The fraction of sp³-hybridized carbons (Fsp3) is 0.176. The van der Waals surface area contributed by atoms with Gasteiger partial charge in [0.2, 0.25) is 5.91 Å². The second-order valence-corrected chi connectivity index (χ2v) is 7.34. The molecule has 8 heteroatoms. The number of hydrogen-bond acceptors (Lipinski definition) is 5. The molecule has 0 fully saturated rings. The first-order valence-corrected chi connectivity index (χ1v) is 9.17. The van der Waals surface area contributed by atoms with Crippen molar-refractivity contribution in [3.8, 4) is 5.75 Å². The maximum Gasteiger partial charge on any atom is 0.255 e. The van der Waals surface area contributed by atoms with E-state index < -0.39 is 15.7 Å². The van der Waals surface area contributed by atoms with E-state index in [2.05, 4.69) is 10.6 Å². The Morgan fingerprint density at radius 1 is 1.00 bits per heavy atom. The molecule has 2 N–H and O–H groups in total. The van der Waals surface area contributed by atoms with Crippen LogP contribution in [0.2, 0.25) is 0 Å². The summed E-state index contributed by atoms with van der Waals surface area (Å²) in [7, 11) is -2.19. The van der Waals surface area contributed by atoms with Gasteiger partial charge in [-0.05, 0) is 36.4 Å². The van der Waals surface area contributed by atoms with Gasteiger partial charge in [-0.25, -0.2) is 8.42 Å². The summed E-state index contributed by atoms with van der Waals surface area (Å²) < 4.78 is 28.7. The summed E-state index contributed by atoms with van der Waals surface area (Å²) in [4.78, 5) is 23.4. The molecule has 2 rings (SSSR count). The third-order valence-corrected chi connectivity index (χ3v) is 4.38. The minimum atomic E-state index is -3.55. The predicted octanol–water partition coefficient (Wildman–Crippen LogP) is 2.31. The molecule has 2 aromatic carbocycles. The van der Waals surface area contributed by atoms with Gasteiger partial charge in [0.1, 0.15) is 10.6 Å². The molecular formula is C17H18N2O5S. The Bertz CT molecular complexity index is 922. The van der Waals surface area contributed by atoms with E-state index in [0.717, 1.165) is 6.26 Å². The van der Waals surface area contributed by atoms with Crippen molar-refractivity contribution in [2.45, 2.75) is 11.8 Å². The number of nitrogens with one attached hydrogen (secondary N) is 2. The number of carbonyl (C=O) groups is 2. The summed E-state index contributed by atoms with van der Waals surface area (Å²) in [6.07, 6.45) is 1.05. The first kappa shape index (κ1) is 18.5. The second-order valence-electron chi connectivity index (χ2n) is 5.35. The van der Waals surface area contributed by atoms with Crippen molar-refractivity contribution in [3.63, 3.8) is 0 Å². The van der Waals surface area contributed by atoms with Crippen molar-refractivity contribution >= 4 is 33.0 Å². The fourth-order valence-corrected chi connectivity index (χ4v) is 3.05. The Labute approximate surface area is 145 Å². The van der Waals surface area contributed by atoms with Crippen molar-refractivity contribution in [1.82, 2.24) is 0 Å². The third-order valence-electron chi connectivity index (χ3n) is 3.27. The first-order valence-electron chi connectivity index (χ1n) is 7.28. The monoisotopic (exact) mass is 362 g/mol. The number of carbonyl (C=O) groups excluding carboxylic acids is 2. The van der Waals surface area contributed by atoms with Crippen LogP contribution in [-0.4, -0.2) is 33.6 Å². The molecule has 25 heavy (non-hydrogen) atoms. The van der Waals surface area contributed by atoms with Crippen LogP contribution in [0.5, 0.6) is 5.75 Å². The molecule has 2 amide bonds. The topological polar surface area (TPSA) is 102 Å². The van der Waals surface area contributed by atoms with Crippen LogP contribution >= 0.6 is 0 Å². The molecule has 0 aliphatic carbocycles. The summed E-state index contributed by atoms with van der Waals surface area (Å²) >= 11 is 0. The first-order chi connectivity index (χ1) is 11.7. The van der Waals surface area contributed by atoms with Crippen molar-refractivity contribution < 1.29 is 22.7 Å². The van der Waals surface area contributed by atoms with Crippen molar-refractivity contribution in [2.24, 2.45) is 0 Å². The summed E-state index contributed by atoms with van der Waals surface area (Å²) in [6, 6.07) is 10.8. The van der Waals surface area contributed by atoms with Gasteiger partial charge in [0.15, 0.2) is 9.84 Å². The Morgan fingerprint density at radius 2 is 1.64 bits per heavy atom. The van der Waals surface area contributed by atoms with E-state index in [1.54, 1.807) is 24.3 Å². The lowest BCUT2D eigenvalue weighted by Crippen LogP contribution is -2.13. The molecular weight excluding hydrogens is 344 g/mol. The highest BCUT2D eigenvalue weighted by atomic mass is 32.2. The molecule has 0 bridgehead atoms. The lowest BCUT2D eigenvalue weighted by molar-refractivity contribution is -0.114. The van der Waals surface area contributed by atoms with Crippen LogP contribution in [0.15, 0.2) is 47.4 Å². The van der Waals surface area contributed by atoms with Gasteiger partial charge in [0.25, 0.3) is 5.91 Å². The molecule has 0 saturated heterocycles. The molecule has 0 aliphatic rings. The quantitative estimate of drug-likeness (QED) is 0.850. The van der Waals surface area contributed by atoms with Gasteiger partial charge in [-0.1, -0.05) is 6.07 Å². The van der Waals surface area contributed by atoms with Gasteiger partial charge in [0.05, 0.1) is 7.11 Å². The number of hydrogen-bond donors (Lipinski definition) is 2. The van der Waals surface area contributed by atoms with Gasteiger partial charge in [-0.3, -0.25) is 9.59 Å². The molecule has 0 atom stereocenters. The number of methoxy groups -OCH3 is 1. The number of benzene rings is 2. The minimum absolute atomic E-state index is 0.0605. The van der Waals surface area contributed by atoms with Crippen LogP contribution in [0.25, 0.3) is 0 Å². The smallest absolute Gasteiger partial charge is 0.255 e. The van der Waals surface area contributed by atoms with E-state index in [1.807, 2.05) is 0 Å². The molecule has 0 unspecified atom stereocenters. The Hall–Kier alpha value is -2.87. The Balaban J connectivity index is 2.28. The van der Waals surface area contributed by atoms with Gasteiger partial charge >= 0.3 is 0 Å². The van der Waals surface area contributed by atoms with E-state index in [-0.39, 0.29) is 22.1 Å². The third kappa shape index (κ3) is 4.80. The highest BCUT2D eigenvalue weighted by molar-refractivity contribution is 7.90. The van der Waals surface area contributed by atoms with Crippen LogP contribution in [0.4, 0.5) is 11.4 Å². The van der Waals surface area contributed by atoms with Crippen molar-refractivity contribution in [2.75, 3.05) is 24.0 Å². The highest BCUT2D eigenvalue weighted by Gasteiger charge is 2.17. The Kier molecular flexibility index (Phi) is 5.43. The van der Waals surface area contributed by atoms with Gasteiger partial charge < -0.3 is 15.4 Å². The number of amides is 2. The Morgan fingerprint density at radius 3 is 2.20 bits per heavy atom. The standard InChI is InChI=1S/C17H18N2O5S/c1-11(20)18-13-5-4-6-14(10-13)19-17(21)12-7-8-15(24-2)16(9-12)25(3,22)23/h4-10H,1-3H3,(H,18,20)(H,19,21). The van der Waals surface area contributed by atoms with Gasteiger partial charge in [-0.15, -0.1) is 0 Å². The van der Waals surface area contributed by atoms with E-state index in [4.69, 9.17) is 4.74 Å². The fourth-order valence-electron chi connectivity index (χ4n) is 2.19. The van der Waals surface area contributed by atoms with Gasteiger partial charge in [0, 0.05) is 30.1 Å². The van der Waals surface area contributed by atoms with E-state index in [1.165, 1.54) is 32.2 Å². The molecule has 132 valence electrons. The molecule has 0 heterocycles. The zero-order chi connectivity index (χ0) is 18.6. The molecule has 0 spiro atoms. The zero-order valence-electron chi connectivity index (χ0n) is 14.0. The summed E-state index contributed by atoms with van der Waals surface area (Å²) in [6.45, 7) is 1.38. The van der Waals surface area contributed by atoms with Crippen LogP contribution in [0.3, 0.4) is 0 Å². The average Bonchev–Trinajstić information content (AvgIpc) is 2.53. The molecule has 0 aromatic heterocycles. The molecule has 0 radical (unpaired) electrons. The van der Waals surface area contributed by atoms with E-state index >= 15 is 0 Å². The SMILES string of the molecule is COc1ccc(C(=O)Nc2cccc(NC(C)=O)c2)cc1S(C)(=O)=O. The number of ether oxygens (including phenoxy) is 1. The maximum absolute atomic E-state index is 12.4. The van der Waals surface area contributed by atoms with Crippen LogP contribution in [-0.2, 0) is 14.6 Å². The number of anilines is 2. The van der Waals surface area contributed by atoms with Crippen molar-refractivity contribution in [1.29, 1.82) is 0 Å². The molecule has 7 nitrogen and oxygen atoms in total. The number of rotatable bonds is 5. The predicted molar refractivity (Wildman–Crippen MR) is 94.8 cm³/mol. The van der Waals surface area contributed by atoms with Crippen molar-refractivity contribution in [3.05, 3.63) is 48.0 Å². The summed E-state index contributed by atoms with van der Waals surface area (Å²) in [5.41, 5.74) is 1.18. The number of sulfone groups is 1.